The third-order valence-electron chi connectivity index (χ3n) is 5.62. The quantitative estimate of drug-likeness (QED) is 0.390. The number of aromatic nitrogens is 1. The average Bonchev–Trinajstić information content (AvgIpc) is 2.84. The summed E-state index contributed by atoms with van der Waals surface area (Å²) in [6.45, 7) is 2.51. The van der Waals surface area contributed by atoms with Crippen LogP contribution in [0.3, 0.4) is 0 Å². The Morgan fingerprint density at radius 3 is 2.21 bits per heavy atom. The second kappa shape index (κ2) is 9.20. The van der Waals surface area contributed by atoms with Gasteiger partial charge in [-0.1, -0.05) is 29.8 Å². The molecule has 4 aromatic rings. The lowest BCUT2D eigenvalue weighted by Gasteiger charge is -2.16. The van der Waals surface area contributed by atoms with E-state index in [0.29, 0.717) is 40.3 Å². The van der Waals surface area contributed by atoms with E-state index in [9.17, 15) is 9.59 Å². The van der Waals surface area contributed by atoms with Gasteiger partial charge in [0, 0.05) is 24.4 Å². The van der Waals surface area contributed by atoms with Crippen molar-refractivity contribution < 1.29 is 19.0 Å². The molecule has 0 aliphatic heterocycles. The van der Waals surface area contributed by atoms with Gasteiger partial charge in [-0.25, -0.2) is 0 Å². The van der Waals surface area contributed by atoms with Crippen LogP contribution in [0.25, 0.3) is 10.9 Å². The molecule has 0 atom stereocenters. The van der Waals surface area contributed by atoms with E-state index in [1.807, 2.05) is 29.7 Å². The van der Waals surface area contributed by atoms with Gasteiger partial charge in [0.05, 0.1) is 37.8 Å². The topological polar surface area (TPSA) is 66.8 Å². The van der Waals surface area contributed by atoms with Gasteiger partial charge in [-0.3, -0.25) is 9.59 Å². The van der Waals surface area contributed by atoms with Crippen LogP contribution in [0, 0.1) is 6.92 Å². The molecule has 33 heavy (non-hydrogen) atoms. The molecule has 0 radical (unpaired) electrons. The fourth-order valence-corrected chi connectivity index (χ4v) is 3.91. The third-order valence-corrected chi connectivity index (χ3v) is 5.62. The maximum absolute atomic E-state index is 13.4. The molecule has 4 rings (SSSR count). The van der Waals surface area contributed by atoms with Crippen molar-refractivity contribution in [2.45, 2.75) is 13.5 Å². The SMILES string of the molecule is COc1ccc(C(=O)c2cn(Cc3cccc(C)c3)c3cc(OC)c(OC)cc3c2=O)cc1. The van der Waals surface area contributed by atoms with Crippen LogP contribution in [0.15, 0.2) is 71.7 Å². The lowest BCUT2D eigenvalue weighted by molar-refractivity contribution is 0.103. The van der Waals surface area contributed by atoms with Gasteiger partial charge in [0.2, 0.25) is 5.43 Å². The number of ether oxygens (including phenoxy) is 3. The first-order valence-electron chi connectivity index (χ1n) is 10.5. The number of hydrogen-bond donors (Lipinski definition) is 0. The van der Waals surface area contributed by atoms with Crippen molar-refractivity contribution >= 4 is 16.7 Å². The highest BCUT2D eigenvalue weighted by atomic mass is 16.5. The van der Waals surface area contributed by atoms with Crippen LogP contribution in [0.4, 0.5) is 0 Å². The van der Waals surface area contributed by atoms with Crippen molar-refractivity contribution in [1.29, 1.82) is 0 Å². The first-order valence-corrected chi connectivity index (χ1v) is 10.5. The van der Waals surface area contributed by atoms with Gasteiger partial charge in [0.1, 0.15) is 5.75 Å². The molecule has 1 aromatic heterocycles. The number of carbonyl (C=O) groups excluding carboxylic acids is 1. The van der Waals surface area contributed by atoms with Gasteiger partial charge in [0.15, 0.2) is 17.3 Å². The molecule has 0 saturated carbocycles. The molecule has 0 aliphatic rings. The number of carbonyl (C=O) groups is 1. The summed E-state index contributed by atoms with van der Waals surface area (Å²) in [5.74, 6) is 1.23. The Hall–Kier alpha value is -4.06. The Labute approximate surface area is 192 Å². The summed E-state index contributed by atoms with van der Waals surface area (Å²) in [5, 5.41) is 0.389. The van der Waals surface area contributed by atoms with Crippen molar-refractivity contribution in [2.75, 3.05) is 21.3 Å². The summed E-state index contributed by atoms with van der Waals surface area (Å²) in [6, 6.07) is 18.2. The minimum atomic E-state index is -0.354. The molecule has 3 aromatic carbocycles. The Bertz CT molecular complexity index is 1390. The van der Waals surface area contributed by atoms with Crippen LogP contribution >= 0.6 is 0 Å². The number of aryl methyl sites for hydroxylation is 1. The molecule has 0 amide bonds. The number of pyridine rings is 1. The predicted octanol–water partition coefficient (Wildman–Crippen LogP) is 4.62. The zero-order chi connectivity index (χ0) is 23.5. The van der Waals surface area contributed by atoms with Gasteiger partial charge in [-0.15, -0.1) is 0 Å². The summed E-state index contributed by atoms with van der Waals surface area (Å²) < 4.78 is 18.0. The van der Waals surface area contributed by atoms with Crippen LogP contribution in [0.2, 0.25) is 0 Å². The normalized spacial score (nSPS) is 10.8. The monoisotopic (exact) mass is 443 g/mol. The zero-order valence-corrected chi connectivity index (χ0v) is 19.0. The van der Waals surface area contributed by atoms with E-state index in [0.717, 1.165) is 11.1 Å². The van der Waals surface area contributed by atoms with Crippen LogP contribution in [0.1, 0.15) is 27.0 Å². The highest BCUT2D eigenvalue weighted by Gasteiger charge is 2.20. The Balaban J connectivity index is 1.93. The van der Waals surface area contributed by atoms with Gasteiger partial charge < -0.3 is 18.8 Å². The van der Waals surface area contributed by atoms with Gasteiger partial charge in [-0.05, 0) is 42.8 Å². The van der Waals surface area contributed by atoms with Crippen LogP contribution in [0.5, 0.6) is 17.2 Å². The first-order chi connectivity index (χ1) is 15.9. The lowest BCUT2D eigenvalue weighted by atomic mass is 10.0. The van der Waals surface area contributed by atoms with Crippen LogP contribution in [-0.4, -0.2) is 31.7 Å². The second-order valence-corrected chi connectivity index (χ2v) is 7.77. The molecule has 0 unspecified atom stereocenters. The number of benzene rings is 3. The summed E-state index contributed by atoms with van der Waals surface area (Å²) in [6.07, 6.45) is 1.63. The van der Waals surface area contributed by atoms with Gasteiger partial charge in [-0.2, -0.15) is 0 Å². The Morgan fingerprint density at radius 1 is 0.879 bits per heavy atom. The maximum atomic E-state index is 13.4. The van der Waals surface area contributed by atoms with E-state index in [-0.39, 0.29) is 16.8 Å². The van der Waals surface area contributed by atoms with Crippen molar-refractivity contribution in [1.82, 2.24) is 4.57 Å². The van der Waals surface area contributed by atoms with E-state index in [1.165, 1.54) is 7.11 Å². The summed E-state index contributed by atoms with van der Waals surface area (Å²) >= 11 is 0. The predicted molar refractivity (Wildman–Crippen MR) is 128 cm³/mol. The molecule has 1 heterocycles. The molecular weight excluding hydrogens is 418 g/mol. The highest BCUT2D eigenvalue weighted by molar-refractivity contribution is 6.10. The lowest BCUT2D eigenvalue weighted by Crippen LogP contribution is -2.20. The molecule has 0 bridgehead atoms. The smallest absolute Gasteiger partial charge is 0.200 e. The molecular formula is C27H25NO5. The standard InChI is InChI=1S/C27H25NO5/c1-17-6-5-7-18(12-17)15-28-16-22(26(29)19-8-10-20(31-2)11-9-19)27(30)21-13-24(32-3)25(33-4)14-23(21)28/h5-14,16H,15H2,1-4H3. The fourth-order valence-electron chi connectivity index (χ4n) is 3.91. The number of nitrogens with zero attached hydrogens (tertiary/aromatic N) is 1. The molecule has 168 valence electrons. The number of fused-ring (bicyclic) bond motifs is 1. The Kier molecular flexibility index (Phi) is 6.18. The van der Waals surface area contributed by atoms with Gasteiger partial charge in [0.25, 0.3) is 0 Å². The van der Waals surface area contributed by atoms with E-state index in [2.05, 4.69) is 6.07 Å². The fraction of sp³-hybridized carbons (Fsp3) is 0.185. The molecule has 0 fully saturated rings. The number of methoxy groups -OCH3 is 3. The minimum absolute atomic E-state index is 0.0903. The molecule has 0 spiro atoms. The molecule has 6 nitrogen and oxygen atoms in total. The van der Waals surface area contributed by atoms with Crippen molar-refractivity contribution in [3.63, 3.8) is 0 Å². The summed E-state index contributed by atoms with van der Waals surface area (Å²) in [5.41, 5.74) is 2.99. The Morgan fingerprint density at radius 2 is 1.58 bits per heavy atom. The molecule has 6 heteroatoms. The maximum Gasteiger partial charge on any atom is 0.200 e. The van der Waals surface area contributed by atoms with E-state index < -0.39 is 0 Å². The first kappa shape index (κ1) is 22.1. The third kappa shape index (κ3) is 4.32. The van der Waals surface area contributed by atoms with Crippen molar-refractivity contribution in [3.05, 3.63) is 99.3 Å². The molecule has 0 saturated heterocycles. The number of ketones is 1. The highest BCUT2D eigenvalue weighted by Crippen LogP contribution is 2.31. The molecule has 0 aliphatic carbocycles. The number of rotatable bonds is 7. The summed E-state index contributed by atoms with van der Waals surface area (Å²) in [4.78, 5) is 26.8. The van der Waals surface area contributed by atoms with Crippen LogP contribution in [-0.2, 0) is 6.54 Å². The summed E-state index contributed by atoms with van der Waals surface area (Å²) in [7, 11) is 4.63. The van der Waals surface area contributed by atoms with E-state index in [4.69, 9.17) is 14.2 Å². The van der Waals surface area contributed by atoms with Gasteiger partial charge >= 0.3 is 0 Å². The molecule has 0 N–H and O–H groups in total. The number of hydrogen-bond acceptors (Lipinski definition) is 5. The van der Waals surface area contributed by atoms with Crippen molar-refractivity contribution in [3.8, 4) is 17.2 Å². The average molecular weight is 443 g/mol. The minimum Gasteiger partial charge on any atom is -0.497 e. The largest absolute Gasteiger partial charge is 0.497 e. The van der Waals surface area contributed by atoms with E-state index in [1.54, 1.807) is 56.8 Å². The van der Waals surface area contributed by atoms with E-state index >= 15 is 0 Å². The van der Waals surface area contributed by atoms with Crippen molar-refractivity contribution in [2.24, 2.45) is 0 Å². The van der Waals surface area contributed by atoms with Crippen LogP contribution < -0.4 is 19.6 Å². The zero-order valence-electron chi connectivity index (χ0n) is 19.0. The second-order valence-electron chi connectivity index (χ2n) is 7.77.